The third-order valence-electron chi connectivity index (χ3n) is 3.13. The fourth-order valence-electron chi connectivity index (χ4n) is 2.17. The number of carboxylic acids is 1. The Morgan fingerprint density at radius 2 is 1.89 bits per heavy atom. The summed E-state index contributed by atoms with van der Waals surface area (Å²) in [7, 11) is 0. The quantitative estimate of drug-likeness (QED) is 0.486. The minimum absolute atomic E-state index is 0.111. The van der Waals surface area contributed by atoms with Crippen LogP contribution in [0.2, 0.25) is 0 Å². The molecule has 108 valence electrons. The summed E-state index contributed by atoms with van der Waals surface area (Å²) in [6, 6.07) is -2.18. The van der Waals surface area contributed by atoms with Crippen molar-refractivity contribution in [2.24, 2.45) is 5.73 Å². The van der Waals surface area contributed by atoms with E-state index in [2.05, 4.69) is 5.32 Å². The van der Waals surface area contributed by atoms with Crippen LogP contribution in [0.4, 0.5) is 4.79 Å². The first kappa shape index (κ1) is 15.2. The highest BCUT2D eigenvalue weighted by atomic mass is 16.4. The summed E-state index contributed by atoms with van der Waals surface area (Å²) in [5.74, 6) is -1.99. The smallest absolute Gasteiger partial charge is 0.328 e. The maximum atomic E-state index is 12.0. The summed E-state index contributed by atoms with van der Waals surface area (Å²) >= 11 is 0. The van der Waals surface area contributed by atoms with Gasteiger partial charge in [0.05, 0.1) is 6.61 Å². The summed E-state index contributed by atoms with van der Waals surface area (Å²) in [4.78, 5) is 35.0. The highest BCUT2D eigenvalue weighted by Crippen LogP contribution is 2.23. The van der Waals surface area contributed by atoms with Crippen molar-refractivity contribution in [3.63, 3.8) is 0 Å². The first-order chi connectivity index (χ1) is 8.95. The molecule has 1 aliphatic rings. The van der Waals surface area contributed by atoms with Gasteiger partial charge in [-0.15, -0.1) is 0 Å². The predicted molar refractivity (Wildman–Crippen MR) is 65.2 cm³/mol. The maximum Gasteiger partial charge on any atom is 0.328 e. The van der Waals surface area contributed by atoms with E-state index >= 15 is 0 Å². The van der Waals surface area contributed by atoms with E-state index in [1.807, 2.05) is 0 Å². The van der Waals surface area contributed by atoms with E-state index in [4.69, 9.17) is 15.9 Å². The molecule has 5 N–H and O–H groups in total. The molecule has 0 aromatic rings. The van der Waals surface area contributed by atoms with Gasteiger partial charge < -0.3 is 26.2 Å². The topological polar surface area (TPSA) is 133 Å². The number of nitrogens with one attached hydrogen (secondary N) is 1. The molecule has 3 amide bonds. The lowest BCUT2D eigenvalue weighted by molar-refractivity contribution is -0.140. The molecule has 0 spiro atoms. The maximum absolute atomic E-state index is 12.0. The van der Waals surface area contributed by atoms with Crippen molar-refractivity contribution in [1.82, 2.24) is 10.2 Å². The Labute approximate surface area is 110 Å². The minimum atomic E-state index is -1.38. The van der Waals surface area contributed by atoms with E-state index in [0.717, 1.165) is 25.7 Å². The van der Waals surface area contributed by atoms with E-state index < -0.39 is 30.6 Å². The Morgan fingerprint density at radius 3 is 2.32 bits per heavy atom. The lowest BCUT2D eigenvalue weighted by Crippen LogP contribution is -2.54. The zero-order valence-electron chi connectivity index (χ0n) is 10.5. The van der Waals surface area contributed by atoms with Crippen LogP contribution in [0.25, 0.3) is 0 Å². The number of carbonyl (C=O) groups is 3. The number of amides is 3. The van der Waals surface area contributed by atoms with Crippen molar-refractivity contribution in [3.8, 4) is 0 Å². The van der Waals surface area contributed by atoms with Crippen LogP contribution in [-0.4, -0.2) is 58.3 Å². The Morgan fingerprint density at radius 1 is 1.32 bits per heavy atom. The summed E-state index contributed by atoms with van der Waals surface area (Å²) in [5.41, 5.74) is 5.10. The molecule has 0 radical (unpaired) electrons. The number of nitrogens with zero attached hydrogens (tertiary/aromatic N) is 1. The van der Waals surface area contributed by atoms with Crippen LogP contribution in [0, 0.1) is 0 Å². The second-order valence-corrected chi connectivity index (χ2v) is 4.56. The van der Waals surface area contributed by atoms with Crippen LogP contribution in [0.1, 0.15) is 25.7 Å². The van der Waals surface area contributed by atoms with E-state index in [-0.39, 0.29) is 12.6 Å². The highest BCUT2D eigenvalue weighted by Gasteiger charge is 2.30. The van der Waals surface area contributed by atoms with E-state index in [1.54, 1.807) is 0 Å². The van der Waals surface area contributed by atoms with Gasteiger partial charge in [0.1, 0.15) is 6.54 Å². The average molecular weight is 273 g/mol. The van der Waals surface area contributed by atoms with Crippen LogP contribution < -0.4 is 11.1 Å². The van der Waals surface area contributed by atoms with E-state index in [1.165, 1.54) is 4.90 Å². The number of urea groups is 1. The molecule has 1 rings (SSSR count). The molecule has 19 heavy (non-hydrogen) atoms. The van der Waals surface area contributed by atoms with Crippen molar-refractivity contribution in [2.75, 3.05) is 13.2 Å². The predicted octanol–water partition coefficient (Wildman–Crippen LogP) is -1.13. The molecular weight excluding hydrogens is 254 g/mol. The van der Waals surface area contributed by atoms with Gasteiger partial charge in [0.25, 0.3) is 0 Å². The van der Waals surface area contributed by atoms with Gasteiger partial charge in [-0.25, -0.2) is 9.59 Å². The van der Waals surface area contributed by atoms with Crippen molar-refractivity contribution < 1.29 is 24.6 Å². The summed E-state index contributed by atoms with van der Waals surface area (Å²) in [5, 5.41) is 19.8. The van der Waals surface area contributed by atoms with E-state index in [9.17, 15) is 14.4 Å². The van der Waals surface area contributed by atoms with Crippen molar-refractivity contribution >= 4 is 17.9 Å². The molecule has 1 saturated carbocycles. The largest absolute Gasteiger partial charge is 0.480 e. The molecule has 1 aliphatic carbocycles. The summed E-state index contributed by atoms with van der Waals surface area (Å²) in [6.07, 6.45) is 3.43. The van der Waals surface area contributed by atoms with Crippen molar-refractivity contribution in [3.05, 3.63) is 0 Å². The third kappa shape index (κ3) is 4.40. The number of hydrogen-bond donors (Lipinski definition) is 4. The Kier molecular flexibility index (Phi) is 5.56. The minimum Gasteiger partial charge on any atom is -0.480 e. The fourth-order valence-corrected chi connectivity index (χ4v) is 2.17. The number of aliphatic carboxylic acids is 1. The number of hydrogen-bond acceptors (Lipinski definition) is 4. The molecule has 1 atom stereocenters. The molecule has 0 aromatic heterocycles. The zero-order valence-corrected chi connectivity index (χ0v) is 10.5. The first-order valence-corrected chi connectivity index (χ1v) is 6.14. The van der Waals surface area contributed by atoms with Crippen molar-refractivity contribution in [2.45, 2.75) is 37.8 Å². The molecule has 0 unspecified atom stereocenters. The molecule has 0 aromatic carbocycles. The SMILES string of the molecule is NC(=O)CN(C(=O)N[C@@H](CO)C(=O)O)C1CCCC1. The number of nitrogens with two attached hydrogens (primary N) is 1. The lowest BCUT2D eigenvalue weighted by atomic mass is 10.2. The molecule has 0 bridgehead atoms. The Bertz CT molecular complexity index is 354. The van der Waals surface area contributed by atoms with Crippen LogP contribution in [0.15, 0.2) is 0 Å². The lowest BCUT2D eigenvalue weighted by Gasteiger charge is -2.29. The number of carboxylic acid groups (broad SMARTS) is 1. The van der Waals surface area contributed by atoms with Gasteiger partial charge >= 0.3 is 12.0 Å². The van der Waals surface area contributed by atoms with Gasteiger partial charge in [0, 0.05) is 6.04 Å². The van der Waals surface area contributed by atoms with Crippen LogP contribution in [0.5, 0.6) is 0 Å². The molecule has 1 fully saturated rings. The summed E-state index contributed by atoms with van der Waals surface area (Å²) in [6.45, 7) is -0.968. The van der Waals surface area contributed by atoms with Gasteiger partial charge in [0.15, 0.2) is 6.04 Å². The third-order valence-corrected chi connectivity index (χ3v) is 3.13. The van der Waals surface area contributed by atoms with Gasteiger partial charge in [0.2, 0.25) is 5.91 Å². The molecule has 8 heteroatoms. The molecular formula is C11H19N3O5. The van der Waals surface area contributed by atoms with Crippen molar-refractivity contribution in [1.29, 1.82) is 0 Å². The van der Waals surface area contributed by atoms with Gasteiger partial charge in [-0.3, -0.25) is 4.79 Å². The highest BCUT2D eigenvalue weighted by molar-refractivity contribution is 5.86. The number of primary amides is 1. The fraction of sp³-hybridized carbons (Fsp3) is 0.727. The number of aliphatic hydroxyl groups excluding tert-OH is 1. The molecule has 8 nitrogen and oxygen atoms in total. The van der Waals surface area contributed by atoms with Crippen LogP contribution in [0.3, 0.4) is 0 Å². The monoisotopic (exact) mass is 273 g/mol. The van der Waals surface area contributed by atoms with Crippen LogP contribution in [-0.2, 0) is 9.59 Å². The Hall–Kier alpha value is -1.83. The number of rotatable bonds is 6. The summed E-state index contributed by atoms with van der Waals surface area (Å²) < 4.78 is 0. The number of aliphatic hydroxyl groups is 1. The van der Waals surface area contributed by atoms with Gasteiger partial charge in [-0.2, -0.15) is 0 Å². The second-order valence-electron chi connectivity index (χ2n) is 4.56. The van der Waals surface area contributed by atoms with E-state index in [0.29, 0.717) is 0 Å². The standard InChI is InChI=1S/C11H19N3O5/c12-9(16)5-14(7-3-1-2-4-7)11(19)13-8(6-15)10(17)18/h7-8,15H,1-6H2,(H2,12,16)(H,13,19)(H,17,18)/t8-/m0/s1. The molecule has 0 heterocycles. The second kappa shape index (κ2) is 6.93. The zero-order chi connectivity index (χ0) is 14.4. The number of carbonyl (C=O) groups excluding carboxylic acids is 2. The molecule has 0 aliphatic heterocycles. The molecule has 0 saturated heterocycles. The first-order valence-electron chi connectivity index (χ1n) is 6.14. The average Bonchev–Trinajstić information content (AvgIpc) is 2.85. The Balaban J connectivity index is 2.70. The van der Waals surface area contributed by atoms with Gasteiger partial charge in [-0.05, 0) is 12.8 Å². The van der Waals surface area contributed by atoms with Crippen LogP contribution >= 0.6 is 0 Å². The van der Waals surface area contributed by atoms with Gasteiger partial charge in [-0.1, -0.05) is 12.8 Å². The normalized spacial score (nSPS) is 16.9.